The molecule has 1 aliphatic heterocycles. The van der Waals surface area contributed by atoms with Crippen LogP contribution < -0.4 is 0 Å². The number of aliphatic hydroxyl groups excluding tert-OH is 1. The van der Waals surface area contributed by atoms with Crippen molar-refractivity contribution in [3.05, 3.63) is 34.0 Å². The van der Waals surface area contributed by atoms with Gasteiger partial charge in [0, 0.05) is 30.7 Å². The number of carbonyl (C=O) groups is 2. The van der Waals surface area contributed by atoms with Gasteiger partial charge >= 0.3 is 11.9 Å². The van der Waals surface area contributed by atoms with E-state index in [9.17, 15) is 23.5 Å². The number of likely N-dealkylation sites (tertiary alicyclic amines) is 1. The van der Waals surface area contributed by atoms with Crippen LogP contribution in [0.5, 0.6) is 0 Å². The molecule has 31 heavy (non-hydrogen) atoms. The van der Waals surface area contributed by atoms with Gasteiger partial charge in [0.1, 0.15) is 4.88 Å². The third kappa shape index (κ3) is 6.88. The number of ether oxygens (including phenoxy) is 1. The van der Waals surface area contributed by atoms with E-state index in [0.717, 1.165) is 11.3 Å². The van der Waals surface area contributed by atoms with E-state index in [2.05, 4.69) is 16.6 Å². The molecular weight excluding hydrogens is 424 g/mol. The fraction of sp³-hybridized carbons (Fsp3) is 0.565. The summed E-state index contributed by atoms with van der Waals surface area (Å²) in [4.78, 5) is 26.3. The van der Waals surface area contributed by atoms with Crippen molar-refractivity contribution >= 4 is 23.2 Å². The van der Waals surface area contributed by atoms with Crippen molar-refractivity contribution in [2.24, 2.45) is 5.92 Å². The fourth-order valence-corrected chi connectivity index (χ4v) is 4.28. The lowest BCUT2D eigenvalue weighted by molar-refractivity contribution is -0.148. The number of halogens is 2. The number of methoxy groups -OCH3 is 1. The van der Waals surface area contributed by atoms with E-state index in [4.69, 9.17) is 0 Å². The summed E-state index contributed by atoms with van der Waals surface area (Å²) in [5, 5.41) is 10.3. The fourth-order valence-electron chi connectivity index (χ4n) is 3.32. The summed E-state index contributed by atoms with van der Waals surface area (Å²) in [7, 11) is 1.31. The summed E-state index contributed by atoms with van der Waals surface area (Å²) in [6, 6.07) is 2.70. The van der Waals surface area contributed by atoms with Crippen LogP contribution in [-0.4, -0.2) is 53.6 Å². The molecule has 0 aromatic carbocycles. The lowest BCUT2D eigenvalue weighted by atomic mass is 9.99. The molecule has 0 radical (unpaired) electrons. The number of hydrogen-bond donors (Lipinski definition) is 1. The van der Waals surface area contributed by atoms with Crippen LogP contribution in [0.4, 0.5) is 8.78 Å². The summed E-state index contributed by atoms with van der Waals surface area (Å²) in [6.45, 7) is 3.95. The highest BCUT2D eigenvalue weighted by molar-refractivity contribution is 7.13. The normalized spacial score (nSPS) is 19.9. The molecule has 0 bridgehead atoms. The maximum atomic E-state index is 14.1. The standard InChI is InChI=1S/C23H29F2NO4S/c1-4-5-6-8-16(2)19(27)12-10-17-15-23(24,25)22(29)26(17)14-7-9-18-11-13-20(31-18)21(28)30-3/h10-13,16-17,19,27H,4,7-9,14-15H2,1-3H3/t16-,17?,19-/m1/s1. The number of alkyl halides is 2. The monoisotopic (exact) mass is 453 g/mol. The van der Waals surface area contributed by atoms with Gasteiger partial charge in [-0.1, -0.05) is 26.0 Å². The van der Waals surface area contributed by atoms with Crippen LogP contribution in [0.3, 0.4) is 0 Å². The first-order valence-corrected chi connectivity index (χ1v) is 11.2. The van der Waals surface area contributed by atoms with Gasteiger partial charge in [-0.15, -0.1) is 23.2 Å². The Morgan fingerprint density at radius 2 is 2.19 bits per heavy atom. The third-order valence-electron chi connectivity index (χ3n) is 5.15. The van der Waals surface area contributed by atoms with Crippen molar-refractivity contribution in [1.29, 1.82) is 0 Å². The van der Waals surface area contributed by atoms with E-state index in [1.807, 2.05) is 13.8 Å². The lowest BCUT2D eigenvalue weighted by Crippen LogP contribution is -2.36. The summed E-state index contributed by atoms with van der Waals surface area (Å²) in [6.07, 6.45) is 3.88. The molecule has 0 saturated carbocycles. The molecule has 0 spiro atoms. The second kappa shape index (κ2) is 11.4. The minimum Gasteiger partial charge on any atom is -0.465 e. The van der Waals surface area contributed by atoms with Crippen LogP contribution >= 0.6 is 11.3 Å². The summed E-state index contributed by atoms with van der Waals surface area (Å²) >= 11 is 1.29. The van der Waals surface area contributed by atoms with Gasteiger partial charge in [0.05, 0.1) is 19.3 Å². The Morgan fingerprint density at radius 3 is 2.87 bits per heavy atom. The predicted molar refractivity (Wildman–Crippen MR) is 116 cm³/mol. The van der Waals surface area contributed by atoms with E-state index >= 15 is 0 Å². The number of esters is 1. The smallest absolute Gasteiger partial charge is 0.348 e. The second-order valence-electron chi connectivity index (χ2n) is 7.60. The second-order valence-corrected chi connectivity index (χ2v) is 8.77. The Bertz CT molecular complexity index is 855. The highest BCUT2D eigenvalue weighted by Gasteiger charge is 2.52. The maximum Gasteiger partial charge on any atom is 0.348 e. The van der Waals surface area contributed by atoms with Gasteiger partial charge in [0.15, 0.2) is 0 Å². The molecular formula is C23H29F2NO4S. The molecule has 3 atom stereocenters. The molecule has 0 aliphatic carbocycles. The van der Waals surface area contributed by atoms with Gasteiger partial charge in [-0.05, 0) is 30.9 Å². The molecule has 1 unspecified atom stereocenters. The molecule has 5 nitrogen and oxygen atoms in total. The zero-order valence-electron chi connectivity index (χ0n) is 18.1. The SMILES string of the molecule is CCC#CC[C@@H](C)[C@H](O)C=CC1CC(F)(F)C(=O)N1CCCc1ccc(C(=O)OC)s1. The van der Waals surface area contributed by atoms with Gasteiger partial charge in [-0.2, -0.15) is 8.78 Å². The molecule has 1 aliphatic rings. The Labute approximate surface area is 186 Å². The van der Waals surface area contributed by atoms with Gasteiger partial charge in [0.25, 0.3) is 5.91 Å². The van der Waals surface area contributed by atoms with E-state index < -0.39 is 36.4 Å². The van der Waals surface area contributed by atoms with Crippen molar-refractivity contribution < 1.29 is 28.2 Å². The number of carbonyl (C=O) groups excluding carboxylic acids is 2. The van der Waals surface area contributed by atoms with Crippen LogP contribution in [0.25, 0.3) is 0 Å². The molecule has 8 heteroatoms. The van der Waals surface area contributed by atoms with E-state index in [0.29, 0.717) is 24.1 Å². The maximum absolute atomic E-state index is 14.1. The van der Waals surface area contributed by atoms with Crippen molar-refractivity contribution in [3.63, 3.8) is 0 Å². The first kappa shape index (κ1) is 25.0. The predicted octanol–water partition coefficient (Wildman–Crippen LogP) is 4.06. The first-order chi connectivity index (χ1) is 14.7. The van der Waals surface area contributed by atoms with Gasteiger partial charge in [-0.3, -0.25) is 4.79 Å². The van der Waals surface area contributed by atoms with Crippen LogP contribution in [0.15, 0.2) is 24.3 Å². The average Bonchev–Trinajstić information content (AvgIpc) is 3.29. The molecule has 1 N–H and O–H groups in total. The van der Waals surface area contributed by atoms with Gasteiger partial charge in [0.2, 0.25) is 0 Å². The van der Waals surface area contributed by atoms with Crippen LogP contribution in [0.2, 0.25) is 0 Å². The first-order valence-electron chi connectivity index (χ1n) is 10.4. The Hall–Kier alpha value is -2.24. The van der Waals surface area contributed by atoms with Gasteiger partial charge in [-0.25, -0.2) is 4.79 Å². The number of aliphatic hydroxyl groups is 1. The number of amides is 1. The van der Waals surface area contributed by atoms with Crippen molar-refractivity contribution in [2.45, 2.75) is 64.0 Å². The van der Waals surface area contributed by atoms with E-state index in [-0.39, 0.29) is 12.5 Å². The summed E-state index contributed by atoms with van der Waals surface area (Å²) in [5.74, 6) is 0.781. The Morgan fingerprint density at radius 1 is 1.45 bits per heavy atom. The minimum atomic E-state index is -3.40. The molecule has 1 aromatic heterocycles. The van der Waals surface area contributed by atoms with Crippen molar-refractivity contribution in [1.82, 2.24) is 4.90 Å². The van der Waals surface area contributed by atoms with Crippen LogP contribution in [0, 0.1) is 17.8 Å². The topological polar surface area (TPSA) is 66.8 Å². The molecule has 1 saturated heterocycles. The van der Waals surface area contributed by atoms with Gasteiger partial charge < -0.3 is 14.7 Å². The van der Waals surface area contributed by atoms with E-state index in [1.165, 1.54) is 35.5 Å². The molecule has 2 heterocycles. The Balaban J connectivity index is 1.96. The highest BCUT2D eigenvalue weighted by atomic mass is 32.1. The van der Waals surface area contributed by atoms with Crippen molar-refractivity contribution in [2.75, 3.05) is 13.7 Å². The number of rotatable bonds is 9. The molecule has 170 valence electrons. The molecule has 1 aromatic rings. The zero-order valence-corrected chi connectivity index (χ0v) is 18.9. The van der Waals surface area contributed by atoms with Crippen molar-refractivity contribution in [3.8, 4) is 11.8 Å². The minimum absolute atomic E-state index is 0.135. The summed E-state index contributed by atoms with van der Waals surface area (Å²) in [5.41, 5.74) is 0. The van der Waals surface area contributed by atoms with Crippen LogP contribution in [0.1, 0.15) is 54.1 Å². The average molecular weight is 454 g/mol. The Kier molecular flexibility index (Phi) is 9.20. The summed E-state index contributed by atoms with van der Waals surface area (Å²) < 4.78 is 32.8. The largest absolute Gasteiger partial charge is 0.465 e. The quantitative estimate of drug-likeness (QED) is 0.348. The number of aryl methyl sites for hydroxylation is 1. The number of nitrogens with zero attached hydrogens (tertiary/aromatic N) is 1. The molecule has 1 fully saturated rings. The number of thiophene rings is 1. The van der Waals surface area contributed by atoms with E-state index in [1.54, 1.807) is 12.1 Å². The third-order valence-corrected chi connectivity index (χ3v) is 6.27. The zero-order chi connectivity index (χ0) is 23.0. The molecule has 1 amide bonds. The molecule has 2 rings (SSSR count). The highest BCUT2D eigenvalue weighted by Crippen LogP contribution is 2.34. The number of hydrogen-bond acceptors (Lipinski definition) is 5. The van der Waals surface area contributed by atoms with Crippen LogP contribution in [-0.2, 0) is 16.0 Å². The lowest BCUT2D eigenvalue weighted by Gasteiger charge is -2.22.